The normalized spacial score (nSPS) is 14.2. The van der Waals surface area contributed by atoms with Crippen LogP contribution in [0.5, 0.6) is 0 Å². The predicted octanol–water partition coefficient (Wildman–Crippen LogP) is 3.27. The standard InChI is InChI=1S/C28H27BFN5O3S/c1-4-31-26(36)15-24-28-34-33-17(3)35(28)25-12-5-16(2)13-21(25)27(32-24)18-6-8-19(9-7-18)39-20-10-11-23(30)22(14-20)29(37)38/h5-14,24,37-38H,4,15H2,1-3H3,(H,31,36)/t24-/m0/s1. The molecule has 1 aliphatic rings. The van der Waals surface area contributed by atoms with Crippen molar-refractivity contribution in [2.75, 3.05) is 6.54 Å². The Kier molecular flexibility index (Phi) is 7.65. The highest BCUT2D eigenvalue weighted by Gasteiger charge is 2.29. The topological polar surface area (TPSA) is 113 Å². The summed E-state index contributed by atoms with van der Waals surface area (Å²) in [6, 6.07) is 17.6. The molecule has 1 amide bonds. The van der Waals surface area contributed by atoms with Crippen molar-refractivity contribution in [3.05, 3.63) is 94.8 Å². The number of amides is 1. The monoisotopic (exact) mass is 543 g/mol. The Labute approximate surface area is 230 Å². The lowest BCUT2D eigenvalue weighted by atomic mass is 9.80. The van der Waals surface area contributed by atoms with Gasteiger partial charge in [0.15, 0.2) is 5.82 Å². The van der Waals surface area contributed by atoms with Crippen LogP contribution in [0, 0.1) is 19.7 Å². The molecule has 2 heterocycles. The van der Waals surface area contributed by atoms with Gasteiger partial charge in [0, 0.05) is 32.9 Å². The van der Waals surface area contributed by atoms with Crippen molar-refractivity contribution in [1.29, 1.82) is 0 Å². The summed E-state index contributed by atoms with van der Waals surface area (Å²) in [4.78, 5) is 19.3. The third kappa shape index (κ3) is 5.51. The molecule has 0 saturated heterocycles. The van der Waals surface area contributed by atoms with E-state index in [4.69, 9.17) is 4.99 Å². The molecule has 5 rings (SSSR count). The molecule has 198 valence electrons. The van der Waals surface area contributed by atoms with Crippen molar-refractivity contribution in [1.82, 2.24) is 20.1 Å². The summed E-state index contributed by atoms with van der Waals surface area (Å²) < 4.78 is 15.9. The lowest BCUT2D eigenvalue weighted by Gasteiger charge is -2.14. The van der Waals surface area contributed by atoms with Gasteiger partial charge in [0.05, 0.1) is 17.8 Å². The first-order valence-electron chi connectivity index (χ1n) is 12.6. The van der Waals surface area contributed by atoms with Crippen molar-refractivity contribution >= 4 is 36.0 Å². The molecule has 0 radical (unpaired) electrons. The Balaban J connectivity index is 1.55. The zero-order chi connectivity index (χ0) is 27.7. The third-order valence-electron chi connectivity index (χ3n) is 6.44. The van der Waals surface area contributed by atoms with Crippen molar-refractivity contribution in [3.8, 4) is 5.69 Å². The van der Waals surface area contributed by atoms with E-state index in [2.05, 4.69) is 21.6 Å². The maximum absolute atomic E-state index is 13.9. The van der Waals surface area contributed by atoms with Crippen molar-refractivity contribution in [2.24, 2.45) is 4.99 Å². The van der Waals surface area contributed by atoms with Crippen LogP contribution in [0.2, 0.25) is 0 Å². The van der Waals surface area contributed by atoms with E-state index >= 15 is 0 Å². The van der Waals surface area contributed by atoms with Gasteiger partial charge in [-0.15, -0.1) is 10.2 Å². The lowest BCUT2D eigenvalue weighted by molar-refractivity contribution is -0.121. The SMILES string of the molecule is CCNC(=O)C[C@@H]1N=C(c2ccc(Sc3ccc(F)c(B(O)O)c3)cc2)c2cc(C)ccc2-n2c(C)nnc21. The van der Waals surface area contributed by atoms with E-state index in [0.29, 0.717) is 23.1 Å². The molecule has 0 bridgehead atoms. The number of rotatable bonds is 7. The van der Waals surface area contributed by atoms with Gasteiger partial charge in [0.1, 0.15) is 17.7 Å². The van der Waals surface area contributed by atoms with E-state index in [9.17, 15) is 19.2 Å². The zero-order valence-corrected chi connectivity index (χ0v) is 22.5. The summed E-state index contributed by atoms with van der Waals surface area (Å²) in [6.07, 6.45) is 0.139. The summed E-state index contributed by atoms with van der Waals surface area (Å²) in [6.45, 7) is 6.31. The number of aliphatic imine (C=N–C) groups is 1. The molecule has 3 N–H and O–H groups in total. The number of halogens is 1. The Bertz CT molecular complexity index is 1570. The molecule has 4 aromatic rings. The summed E-state index contributed by atoms with van der Waals surface area (Å²) in [5.74, 6) is 0.547. The second-order valence-electron chi connectivity index (χ2n) is 9.30. The Morgan fingerprint density at radius 3 is 2.51 bits per heavy atom. The van der Waals surface area contributed by atoms with Crippen LogP contribution >= 0.6 is 11.8 Å². The number of carbonyl (C=O) groups excluding carboxylic acids is 1. The second kappa shape index (κ2) is 11.1. The molecule has 1 aliphatic heterocycles. The summed E-state index contributed by atoms with van der Waals surface area (Å²) in [7, 11) is -1.88. The summed E-state index contributed by atoms with van der Waals surface area (Å²) in [5, 5.41) is 30.4. The van der Waals surface area contributed by atoms with E-state index < -0.39 is 19.0 Å². The Morgan fingerprint density at radius 1 is 1.05 bits per heavy atom. The van der Waals surface area contributed by atoms with Crippen LogP contribution in [0.1, 0.15) is 47.7 Å². The maximum atomic E-state index is 13.9. The van der Waals surface area contributed by atoms with Crippen LogP contribution in [-0.2, 0) is 4.79 Å². The van der Waals surface area contributed by atoms with Gasteiger partial charge in [-0.25, -0.2) is 4.39 Å². The molecule has 39 heavy (non-hydrogen) atoms. The summed E-state index contributed by atoms with van der Waals surface area (Å²) in [5.41, 5.74) is 4.33. The molecular weight excluding hydrogens is 516 g/mol. The molecule has 1 aromatic heterocycles. The molecule has 0 aliphatic carbocycles. The Hall–Kier alpha value is -3.80. The summed E-state index contributed by atoms with van der Waals surface area (Å²) >= 11 is 1.38. The minimum absolute atomic E-state index is 0.113. The van der Waals surface area contributed by atoms with E-state index in [-0.39, 0.29) is 17.8 Å². The van der Waals surface area contributed by atoms with Gasteiger partial charge < -0.3 is 15.4 Å². The number of aromatic nitrogens is 3. The van der Waals surface area contributed by atoms with Crippen LogP contribution in [0.25, 0.3) is 5.69 Å². The quantitative estimate of drug-likeness (QED) is 0.309. The highest BCUT2D eigenvalue weighted by molar-refractivity contribution is 7.99. The molecule has 0 unspecified atom stereocenters. The largest absolute Gasteiger partial charge is 0.491 e. The average molecular weight is 543 g/mol. The van der Waals surface area contributed by atoms with Crippen LogP contribution in [0.15, 0.2) is 75.4 Å². The first kappa shape index (κ1) is 26.8. The third-order valence-corrected chi connectivity index (χ3v) is 7.44. The molecule has 0 fully saturated rings. The van der Waals surface area contributed by atoms with Gasteiger partial charge in [-0.05, 0) is 63.2 Å². The number of nitrogens with one attached hydrogen (secondary N) is 1. The van der Waals surface area contributed by atoms with E-state index in [1.54, 1.807) is 6.07 Å². The molecule has 11 heteroatoms. The highest BCUT2D eigenvalue weighted by atomic mass is 32.2. The van der Waals surface area contributed by atoms with E-state index in [1.807, 2.05) is 61.7 Å². The van der Waals surface area contributed by atoms with Crippen LogP contribution in [0.4, 0.5) is 4.39 Å². The van der Waals surface area contributed by atoms with Crippen molar-refractivity contribution in [3.63, 3.8) is 0 Å². The first-order valence-corrected chi connectivity index (χ1v) is 13.4. The van der Waals surface area contributed by atoms with Crippen molar-refractivity contribution < 1.29 is 19.2 Å². The van der Waals surface area contributed by atoms with Crippen molar-refractivity contribution in [2.45, 2.75) is 43.0 Å². The highest BCUT2D eigenvalue weighted by Crippen LogP contribution is 2.34. The Morgan fingerprint density at radius 2 is 1.79 bits per heavy atom. The molecule has 3 aromatic carbocycles. The van der Waals surface area contributed by atoms with Gasteiger partial charge in [-0.2, -0.15) is 0 Å². The number of aryl methyl sites for hydroxylation is 2. The van der Waals surface area contributed by atoms with E-state index in [0.717, 1.165) is 33.0 Å². The second-order valence-corrected chi connectivity index (χ2v) is 10.4. The van der Waals surface area contributed by atoms with Crippen LogP contribution in [-0.4, -0.2) is 50.1 Å². The maximum Gasteiger partial charge on any atom is 0.491 e. The number of fused-ring (bicyclic) bond motifs is 3. The number of nitrogens with zero attached hydrogens (tertiary/aromatic N) is 4. The number of hydrogen-bond donors (Lipinski definition) is 3. The van der Waals surface area contributed by atoms with Gasteiger partial charge in [-0.1, -0.05) is 35.5 Å². The first-order chi connectivity index (χ1) is 18.7. The predicted molar refractivity (Wildman–Crippen MR) is 149 cm³/mol. The van der Waals surface area contributed by atoms with Gasteiger partial charge in [0.2, 0.25) is 5.91 Å². The number of hydrogen-bond acceptors (Lipinski definition) is 7. The van der Waals surface area contributed by atoms with Gasteiger partial charge >= 0.3 is 7.12 Å². The fourth-order valence-electron chi connectivity index (χ4n) is 4.62. The van der Waals surface area contributed by atoms with Gasteiger partial charge in [-0.3, -0.25) is 14.4 Å². The molecule has 8 nitrogen and oxygen atoms in total. The molecule has 0 saturated carbocycles. The smallest absolute Gasteiger partial charge is 0.423 e. The van der Waals surface area contributed by atoms with Gasteiger partial charge in [0.25, 0.3) is 0 Å². The minimum Gasteiger partial charge on any atom is -0.423 e. The fraction of sp³-hybridized carbons (Fsp3) is 0.214. The molecule has 0 spiro atoms. The average Bonchev–Trinajstić information content (AvgIpc) is 3.23. The van der Waals surface area contributed by atoms with Crippen LogP contribution in [0.3, 0.4) is 0 Å². The lowest BCUT2D eigenvalue weighted by Crippen LogP contribution is -2.32. The van der Waals surface area contributed by atoms with E-state index in [1.165, 1.54) is 23.9 Å². The zero-order valence-electron chi connectivity index (χ0n) is 21.7. The minimum atomic E-state index is -1.88. The fourth-order valence-corrected chi connectivity index (χ4v) is 5.49. The molecular formula is C28H27BFN5O3S. The van der Waals surface area contributed by atoms with Crippen LogP contribution < -0.4 is 10.8 Å². The number of carbonyl (C=O) groups is 1. The molecule has 1 atom stereocenters. The number of benzene rings is 3.